The van der Waals surface area contributed by atoms with Crippen molar-refractivity contribution in [3.05, 3.63) is 16.6 Å². The molecule has 5 heteroatoms. The Morgan fingerprint density at radius 1 is 1.50 bits per heavy atom. The predicted octanol–water partition coefficient (Wildman–Crippen LogP) is 2.79. The number of rotatable bonds is 1. The summed E-state index contributed by atoms with van der Waals surface area (Å²) in [5.41, 5.74) is -0.526. The van der Waals surface area contributed by atoms with Crippen LogP contribution in [-0.2, 0) is 0 Å². The fraction of sp³-hybridized carbons (Fsp3) is 0.714. The highest BCUT2D eigenvalue weighted by atomic mass is 19.4. The fourth-order valence-corrected chi connectivity index (χ4v) is 1.17. The quantitative estimate of drug-likeness (QED) is 0.449. The zero-order valence-electron chi connectivity index (χ0n) is 6.27. The molecule has 0 amide bonds. The number of nitroso groups, excluding NO2 is 1. The summed E-state index contributed by atoms with van der Waals surface area (Å²) in [7, 11) is 0. The van der Waals surface area contributed by atoms with Gasteiger partial charge in [0.15, 0.2) is 0 Å². The van der Waals surface area contributed by atoms with Gasteiger partial charge in [-0.3, -0.25) is 0 Å². The number of hydrogen-bond donors (Lipinski definition) is 0. The smallest absolute Gasteiger partial charge is 0.166 e. The van der Waals surface area contributed by atoms with Crippen molar-refractivity contribution in [3.8, 4) is 0 Å². The standard InChI is InChI=1S/C7H8F3NO/c8-7(9,10)5-1-3-6(11-12)4-2-5/h1,6H,2-4H2. The van der Waals surface area contributed by atoms with E-state index in [1.54, 1.807) is 0 Å². The SMILES string of the molecule is O=NC1CC=C(C(F)(F)F)CC1. The number of nitrogens with zero attached hydrogens (tertiary/aromatic N) is 1. The molecular formula is C7H8F3NO. The van der Waals surface area contributed by atoms with Crippen molar-refractivity contribution < 1.29 is 13.2 Å². The van der Waals surface area contributed by atoms with Gasteiger partial charge in [-0.15, -0.1) is 0 Å². The third-order valence-corrected chi connectivity index (χ3v) is 1.90. The lowest BCUT2D eigenvalue weighted by molar-refractivity contribution is -0.0951. The summed E-state index contributed by atoms with van der Waals surface area (Å²) in [5.74, 6) is 0. The Kier molecular flexibility index (Phi) is 2.49. The largest absolute Gasteiger partial charge is 0.412 e. The third-order valence-electron chi connectivity index (χ3n) is 1.90. The van der Waals surface area contributed by atoms with Crippen molar-refractivity contribution in [1.29, 1.82) is 0 Å². The molecule has 0 bridgehead atoms. The molecule has 2 nitrogen and oxygen atoms in total. The van der Waals surface area contributed by atoms with Gasteiger partial charge in [0.1, 0.15) is 0 Å². The molecule has 1 unspecified atom stereocenters. The first kappa shape index (κ1) is 9.22. The van der Waals surface area contributed by atoms with Gasteiger partial charge in [0.25, 0.3) is 0 Å². The second-order valence-electron chi connectivity index (χ2n) is 2.76. The van der Waals surface area contributed by atoms with E-state index in [9.17, 15) is 18.1 Å². The summed E-state index contributed by atoms with van der Waals surface area (Å²) in [6.45, 7) is 0. The van der Waals surface area contributed by atoms with Gasteiger partial charge in [-0.25, -0.2) is 0 Å². The molecule has 0 spiro atoms. The maximum Gasteiger partial charge on any atom is 0.412 e. The third kappa shape index (κ3) is 2.06. The normalized spacial score (nSPS) is 24.9. The summed E-state index contributed by atoms with van der Waals surface area (Å²) in [5, 5.41) is 2.70. The van der Waals surface area contributed by atoms with Crippen LogP contribution in [0, 0.1) is 4.91 Å². The topological polar surface area (TPSA) is 29.4 Å². The van der Waals surface area contributed by atoms with Crippen LogP contribution in [0.1, 0.15) is 19.3 Å². The molecule has 0 aliphatic heterocycles. The second-order valence-corrected chi connectivity index (χ2v) is 2.76. The Labute approximate surface area is 67.4 Å². The predicted molar refractivity (Wildman–Crippen MR) is 37.6 cm³/mol. The minimum Gasteiger partial charge on any atom is -0.166 e. The van der Waals surface area contributed by atoms with Crippen LogP contribution in [-0.4, -0.2) is 12.2 Å². The van der Waals surface area contributed by atoms with Crippen molar-refractivity contribution in [1.82, 2.24) is 0 Å². The minimum atomic E-state index is -4.23. The van der Waals surface area contributed by atoms with E-state index in [0.717, 1.165) is 6.08 Å². The molecule has 0 N–H and O–H groups in total. The van der Waals surface area contributed by atoms with Gasteiger partial charge >= 0.3 is 6.18 Å². The Morgan fingerprint density at radius 3 is 2.50 bits per heavy atom. The first-order valence-electron chi connectivity index (χ1n) is 3.62. The Bertz CT molecular complexity index is 209. The molecule has 0 aromatic rings. The van der Waals surface area contributed by atoms with Crippen LogP contribution in [0.2, 0.25) is 0 Å². The number of halogens is 3. The first-order valence-corrected chi connectivity index (χ1v) is 3.62. The zero-order chi connectivity index (χ0) is 9.19. The maximum absolute atomic E-state index is 12.0. The fourth-order valence-electron chi connectivity index (χ4n) is 1.17. The number of allylic oxidation sites excluding steroid dienone is 1. The van der Waals surface area contributed by atoms with Crippen LogP contribution in [0.25, 0.3) is 0 Å². The molecule has 0 aromatic heterocycles. The van der Waals surface area contributed by atoms with E-state index in [1.807, 2.05) is 0 Å². The average Bonchev–Trinajstić information content (AvgIpc) is 2.03. The molecule has 1 atom stereocenters. The van der Waals surface area contributed by atoms with E-state index in [1.165, 1.54) is 0 Å². The Morgan fingerprint density at radius 2 is 2.17 bits per heavy atom. The van der Waals surface area contributed by atoms with Crippen LogP contribution < -0.4 is 0 Å². The summed E-state index contributed by atoms with van der Waals surface area (Å²) in [6, 6.07) is -0.462. The van der Waals surface area contributed by atoms with E-state index in [4.69, 9.17) is 0 Å². The Hall–Kier alpha value is -0.870. The van der Waals surface area contributed by atoms with Crippen molar-refractivity contribution in [2.75, 3.05) is 0 Å². The highest BCUT2D eigenvalue weighted by Gasteiger charge is 2.35. The summed E-state index contributed by atoms with van der Waals surface area (Å²) < 4.78 is 36.0. The van der Waals surface area contributed by atoms with E-state index in [2.05, 4.69) is 5.18 Å². The van der Waals surface area contributed by atoms with Crippen LogP contribution in [0.3, 0.4) is 0 Å². The van der Waals surface area contributed by atoms with E-state index in [-0.39, 0.29) is 19.3 Å². The van der Waals surface area contributed by atoms with Gasteiger partial charge in [0, 0.05) is 5.57 Å². The minimum absolute atomic E-state index is 0.0834. The van der Waals surface area contributed by atoms with Crippen LogP contribution >= 0.6 is 0 Å². The van der Waals surface area contributed by atoms with Gasteiger partial charge in [-0.05, 0) is 19.3 Å². The monoisotopic (exact) mass is 179 g/mol. The van der Waals surface area contributed by atoms with Gasteiger partial charge in [-0.2, -0.15) is 18.1 Å². The maximum atomic E-state index is 12.0. The van der Waals surface area contributed by atoms with Crippen LogP contribution in [0.15, 0.2) is 16.8 Å². The van der Waals surface area contributed by atoms with Gasteiger partial charge in [-0.1, -0.05) is 11.3 Å². The van der Waals surface area contributed by atoms with Crippen LogP contribution in [0.4, 0.5) is 13.2 Å². The molecule has 0 aromatic carbocycles. The van der Waals surface area contributed by atoms with Gasteiger partial charge in [0.2, 0.25) is 0 Å². The van der Waals surface area contributed by atoms with Crippen molar-refractivity contribution in [2.24, 2.45) is 5.18 Å². The highest BCUT2D eigenvalue weighted by Crippen LogP contribution is 2.33. The van der Waals surface area contributed by atoms with Gasteiger partial charge in [0.05, 0.1) is 6.04 Å². The van der Waals surface area contributed by atoms with E-state index >= 15 is 0 Å². The van der Waals surface area contributed by atoms with Gasteiger partial charge < -0.3 is 0 Å². The zero-order valence-corrected chi connectivity index (χ0v) is 6.27. The molecule has 68 valence electrons. The Balaban J connectivity index is 2.62. The summed E-state index contributed by atoms with van der Waals surface area (Å²) in [4.78, 5) is 9.96. The van der Waals surface area contributed by atoms with E-state index in [0.29, 0.717) is 0 Å². The lowest BCUT2D eigenvalue weighted by atomic mass is 9.95. The van der Waals surface area contributed by atoms with Crippen molar-refractivity contribution in [2.45, 2.75) is 31.5 Å². The van der Waals surface area contributed by atoms with Crippen molar-refractivity contribution >= 4 is 0 Å². The molecule has 12 heavy (non-hydrogen) atoms. The average molecular weight is 179 g/mol. The summed E-state index contributed by atoms with van der Waals surface area (Å²) in [6.07, 6.45) is -2.91. The molecular weight excluding hydrogens is 171 g/mol. The lowest BCUT2D eigenvalue weighted by Gasteiger charge is -2.18. The molecule has 0 radical (unpaired) electrons. The molecule has 1 aliphatic rings. The molecule has 0 saturated heterocycles. The van der Waals surface area contributed by atoms with Crippen LogP contribution in [0.5, 0.6) is 0 Å². The molecule has 1 aliphatic carbocycles. The lowest BCUT2D eigenvalue weighted by Crippen LogP contribution is -2.18. The summed E-state index contributed by atoms with van der Waals surface area (Å²) >= 11 is 0. The molecule has 0 heterocycles. The molecule has 1 rings (SSSR count). The van der Waals surface area contributed by atoms with Crippen molar-refractivity contribution in [3.63, 3.8) is 0 Å². The molecule has 0 fully saturated rings. The molecule has 0 saturated carbocycles. The highest BCUT2D eigenvalue weighted by molar-refractivity contribution is 5.13. The number of hydrogen-bond acceptors (Lipinski definition) is 2. The van der Waals surface area contributed by atoms with E-state index < -0.39 is 17.8 Å². The number of alkyl halides is 3. The second kappa shape index (κ2) is 3.25. The first-order chi connectivity index (χ1) is 5.54.